The molecule has 0 spiro atoms. The van der Waals surface area contributed by atoms with Gasteiger partial charge >= 0.3 is 0 Å². The van der Waals surface area contributed by atoms with Gasteiger partial charge in [0.1, 0.15) is 11.1 Å². The van der Waals surface area contributed by atoms with Gasteiger partial charge in [0.2, 0.25) is 11.8 Å². The number of amides is 2. The highest BCUT2D eigenvalue weighted by atomic mass is 32.1. The zero-order valence-corrected chi connectivity index (χ0v) is 23.0. The molecule has 1 saturated heterocycles. The minimum absolute atomic E-state index is 0.0269. The van der Waals surface area contributed by atoms with Crippen LogP contribution in [0.5, 0.6) is 0 Å². The summed E-state index contributed by atoms with van der Waals surface area (Å²) in [6.07, 6.45) is 5.07. The lowest BCUT2D eigenvalue weighted by molar-refractivity contribution is -0.132. The highest BCUT2D eigenvalue weighted by molar-refractivity contribution is 7.08. The van der Waals surface area contributed by atoms with E-state index in [4.69, 9.17) is 0 Å². The quantitative estimate of drug-likeness (QED) is 0.365. The molecule has 40 heavy (non-hydrogen) atoms. The summed E-state index contributed by atoms with van der Waals surface area (Å²) in [6, 6.07) is 13.8. The zero-order valence-electron chi connectivity index (χ0n) is 22.2. The molecule has 4 aromatic rings. The number of rotatable bonds is 6. The second kappa shape index (κ2) is 10.7. The molecule has 0 aliphatic carbocycles. The predicted molar refractivity (Wildman–Crippen MR) is 155 cm³/mol. The predicted octanol–water partition coefficient (Wildman–Crippen LogP) is 4.46. The van der Waals surface area contributed by atoms with E-state index < -0.39 is 5.41 Å². The lowest BCUT2D eigenvalue weighted by atomic mass is 9.88. The van der Waals surface area contributed by atoms with Crippen molar-refractivity contribution in [1.82, 2.24) is 25.0 Å². The molecule has 2 amide bonds. The van der Waals surface area contributed by atoms with E-state index in [-0.39, 0.29) is 24.9 Å². The zero-order chi connectivity index (χ0) is 27.7. The van der Waals surface area contributed by atoms with E-state index in [0.717, 1.165) is 34.3 Å². The highest BCUT2D eigenvalue weighted by Gasteiger charge is 2.45. The van der Waals surface area contributed by atoms with Crippen molar-refractivity contribution in [3.8, 4) is 17.3 Å². The Labute approximate surface area is 236 Å². The van der Waals surface area contributed by atoms with Crippen molar-refractivity contribution < 1.29 is 9.59 Å². The van der Waals surface area contributed by atoms with Crippen LogP contribution in [0.2, 0.25) is 0 Å². The number of carbonyl (C=O) groups excluding carboxylic acids is 2. The third-order valence-electron chi connectivity index (χ3n) is 7.80. The summed E-state index contributed by atoms with van der Waals surface area (Å²) >= 11 is 1.67. The SMILES string of the molecule is Cc1cc(-c2n[nH]c3ccc(NC(=O)C4(C#N)CCN(CC(=O)N5CC=C(c6ccsc6)CC5)C4)cc23)ccn1. The number of nitrogens with one attached hydrogen (secondary N) is 2. The van der Waals surface area contributed by atoms with Gasteiger partial charge in [-0.2, -0.15) is 21.7 Å². The summed E-state index contributed by atoms with van der Waals surface area (Å²) in [5.74, 6) is -0.325. The van der Waals surface area contributed by atoms with Gasteiger partial charge in [-0.1, -0.05) is 6.08 Å². The second-order valence-electron chi connectivity index (χ2n) is 10.5. The van der Waals surface area contributed by atoms with E-state index in [1.807, 2.05) is 41.0 Å². The number of H-pyrrole nitrogens is 1. The van der Waals surface area contributed by atoms with Crippen LogP contribution in [0.4, 0.5) is 5.69 Å². The van der Waals surface area contributed by atoms with E-state index in [1.165, 1.54) is 11.1 Å². The molecule has 2 N–H and O–H groups in total. The molecule has 0 saturated carbocycles. The number of nitrogens with zero attached hydrogens (tertiary/aromatic N) is 5. The van der Waals surface area contributed by atoms with Gasteiger partial charge in [-0.3, -0.25) is 24.6 Å². The topological polar surface area (TPSA) is 118 Å². The average molecular weight is 552 g/mol. The van der Waals surface area contributed by atoms with Crippen molar-refractivity contribution in [3.05, 3.63) is 70.7 Å². The number of pyridine rings is 1. The fourth-order valence-corrected chi connectivity index (χ4v) is 6.18. The maximum Gasteiger partial charge on any atom is 0.246 e. The first-order valence-electron chi connectivity index (χ1n) is 13.3. The largest absolute Gasteiger partial charge is 0.338 e. The van der Waals surface area contributed by atoms with E-state index in [9.17, 15) is 14.9 Å². The molecule has 9 nitrogen and oxygen atoms in total. The first kappa shape index (κ1) is 25.9. The van der Waals surface area contributed by atoms with Crippen molar-refractivity contribution in [2.45, 2.75) is 19.8 Å². The Morgan fingerprint density at radius 2 is 2.10 bits per heavy atom. The van der Waals surface area contributed by atoms with Gasteiger partial charge in [0.05, 0.1) is 18.1 Å². The number of aryl methyl sites for hydroxylation is 1. The van der Waals surface area contributed by atoms with Crippen LogP contribution in [0.3, 0.4) is 0 Å². The molecule has 3 aromatic heterocycles. The maximum atomic E-state index is 13.4. The Morgan fingerprint density at radius 1 is 1.20 bits per heavy atom. The van der Waals surface area contributed by atoms with Gasteiger partial charge in [-0.05, 0) is 78.1 Å². The lowest BCUT2D eigenvalue weighted by Gasteiger charge is -2.28. The van der Waals surface area contributed by atoms with Crippen LogP contribution in [0.25, 0.3) is 27.7 Å². The fourth-order valence-electron chi connectivity index (χ4n) is 5.50. The van der Waals surface area contributed by atoms with Gasteiger partial charge < -0.3 is 10.2 Å². The Bertz CT molecular complexity index is 1650. The molecule has 2 aliphatic rings. The number of likely N-dealkylation sites (tertiary alicyclic amines) is 1. The molecule has 0 bridgehead atoms. The van der Waals surface area contributed by atoms with Crippen LogP contribution in [0.15, 0.2) is 59.4 Å². The lowest BCUT2D eigenvalue weighted by Crippen LogP contribution is -2.43. The molecule has 10 heteroatoms. The molecule has 2 aliphatic heterocycles. The van der Waals surface area contributed by atoms with Crippen LogP contribution < -0.4 is 5.32 Å². The van der Waals surface area contributed by atoms with Crippen molar-refractivity contribution in [3.63, 3.8) is 0 Å². The first-order valence-corrected chi connectivity index (χ1v) is 14.2. The molecule has 0 radical (unpaired) electrons. The number of hydrogen-bond donors (Lipinski definition) is 2. The van der Waals surface area contributed by atoms with E-state index in [2.05, 4.69) is 49.5 Å². The van der Waals surface area contributed by atoms with Crippen molar-refractivity contribution in [2.75, 3.05) is 38.0 Å². The third-order valence-corrected chi connectivity index (χ3v) is 8.48. The van der Waals surface area contributed by atoms with Gasteiger partial charge in [0.25, 0.3) is 0 Å². The van der Waals surface area contributed by atoms with Crippen LogP contribution in [-0.2, 0) is 9.59 Å². The van der Waals surface area contributed by atoms with Gasteiger partial charge in [-0.15, -0.1) is 0 Å². The van der Waals surface area contributed by atoms with Crippen LogP contribution in [0.1, 0.15) is 24.1 Å². The standard InChI is InChI=1S/C30H29N7O2S/c1-20-14-22(4-9-32-20)28-25-15-24(2-3-26(25)34-35-28)33-29(39)30(18-31)8-12-36(19-30)16-27(38)37-10-5-21(6-11-37)23-7-13-40-17-23/h2-5,7,9,13-15,17H,6,8,10-12,16,19H2,1H3,(H,33,39)(H,34,35). The molecule has 202 valence electrons. The number of aromatic amines is 1. The summed E-state index contributed by atoms with van der Waals surface area (Å²) in [5.41, 5.74) is 5.32. The number of fused-ring (bicyclic) bond motifs is 1. The number of aromatic nitrogens is 3. The third kappa shape index (κ3) is 5.01. The number of nitriles is 1. The molecule has 1 fully saturated rings. The van der Waals surface area contributed by atoms with Gasteiger partial charge in [-0.25, -0.2) is 0 Å². The van der Waals surface area contributed by atoms with Crippen LogP contribution >= 0.6 is 11.3 Å². The first-order chi connectivity index (χ1) is 19.4. The summed E-state index contributed by atoms with van der Waals surface area (Å²) in [6.45, 7) is 4.13. The van der Waals surface area contributed by atoms with Crippen LogP contribution in [0, 0.1) is 23.7 Å². The van der Waals surface area contributed by atoms with Crippen molar-refractivity contribution in [2.24, 2.45) is 5.41 Å². The summed E-state index contributed by atoms with van der Waals surface area (Å²) < 4.78 is 0. The molecule has 1 aromatic carbocycles. The Morgan fingerprint density at radius 3 is 2.85 bits per heavy atom. The minimum Gasteiger partial charge on any atom is -0.338 e. The Balaban J connectivity index is 1.11. The van der Waals surface area contributed by atoms with Crippen LogP contribution in [-0.4, -0.2) is 69.5 Å². The molecule has 6 rings (SSSR count). The summed E-state index contributed by atoms with van der Waals surface area (Å²) in [4.78, 5) is 34.5. The van der Waals surface area contributed by atoms with Crippen molar-refractivity contribution >= 4 is 45.3 Å². The second-order valence-corrected chi connectivity index (χ2v) is 11.2. The van der Waals surface area contributed by atoms with Crippen molar-refractivity contribution in [1.29, 1.82) is 5.26 Å². The molecular formula is C30H29N7O2S. The number of thiophene rings is 1. The number of carbonyl (C=O) groups is 2. The number of hydrogen-bond acceptors (Lipinski definition) is 7. The van der Waals surface area contributed by atoms with E-state index in [0.29, 0.717) is 31.7 Å². The summed E-state index contributed by atoms with van der Waals surface area (Å²) in [5, 5.41) is 25.6. The fraction of sp³-hybridized carbons (Fsp3) is 0.300. The summed E-state index contributed by atoms with van der Waals surface area (Å²) in [7, 11) is 0. The molecular weight excluding hydrogens is 522 g/mol. The minimum atomic E-state index is -1.22. The Kier molecular flexibility index (Phi) is 6.92. The smallest absolute Gasteiger partial charge is 0.246 e. The number of anilines is 1. The molecule has 1 unspecified atom stereocenters. The van der Waals surface area contributed by atoms with Gasteiger partial charge in [0, 0.05) is 54.7 Å². The monoisotopic (exact) mass is 551 g/mol. The van der Waals surface area contributed by atoms with E-state index >= 15 is 0 Å². The van der Waals surface area contributed by atoms with E-state index in [1.54, 1.807) is 23.6 Å². The molecule has 1 atom stereocenters. The maximum absolute atomic E-state index is 13.4. The highest BCUT2D eigenvalue weighted by Crippen LogP contribution is 2.33. The normalized spacial score (nSPS) is 19.4. The molecule has 5 heterocycles. The average Bonchev–Trinajstić information content (AvgIpc) is 3.73. The van der Waals surface area contributed by atoms with Gasteiger partial charge in [0.15, 0.2) is 0 Å². The Hall–Kier alpha value is -4.33. The number of benzene rings is 1.